The minimum Gasteiger partial charge on any atom is -0.495 e. The molecule has 3 rings (SSSR count). The van der Waals surface area contributed by atoms with Crippen molar-refractivity contribution in [2.75, 3.05) is 32.2 Å². The van der Waals surface area contributed by atoms with E-state index in [4.69, 9.17) is 25.8 Å². The van der Waals surface area contributed by atoms with Crippen LogP contribution in [-0.4, -0.2) is 48.4 Å². The second-order valence-corrected chi connectivity index (χ2v) is 10.1. The number of amides is 1. The molecule has 1 amide bonds. The lowest BCUT2D eigenvalue weighted by Crippen LogP contribution is -2.39. The fourth-order valence-electron chi connectivity index (χ4n) is 3.40. The van der Waals surface area contributed by atoms with Gasteiger partial charge in [-0.3, -0.25) is 9.10 Å². The summed E-state index contributed by atoms with van der Waals surface area (Å²) in [7, 11) is -0.398. The monoisotopic (exact) mass is 585 g/mol. The Balaban J connectivity index is 1.95. The van der Waals surface area contributed by atoms with Gasteiger partial charge in [-0.15, -0.1) is 0 Å². The van der Waals surface area contributed by atoms with Gasteiger partial charge in [-0.25, -0.2) is 13.8 Å². The molecule has 0 aliphatic carbocycles. The smallest absolute Gasteiger partial charge is 0.416 e. The molecule has 0 aliphatic heterocycles. The van der Waals surface area contributed by atoms with Crippen molar-refractivity contribution >= 4 is 39.4 Å². The standard InChI is InChI=1S/C25H23ClF3N3O6S/c1-36-21-9-7-18(26)12-20(21)32(39(34,35)19-8-10-22(37-2)23(13-19)38-3)15-24(33)31-30-14-16-5-4-6-17(11-16)25(27,28)29/h4-14H,15H2,1-3H3,(H,31,33)/b30-14-. The highest BCUT2D eigenvalue weighted by Gasteiger charge is 2.31. The van der Waals surface area contributed by atoms with Crippen LogP contribution in [0.15, 0.2) is 70.7 Å². The lowest BCUT2D eigenvalue weighted by molar-refractivity contribution is -0.137. The van der Waals surface area contributed by atoms with Crippen molar-refractivity contribution in [3.8, 4) is 17.2 Å². The van der Waals surface area contributed by atoms with E-state index in [1.807, 2.05) is 0 Å². The summed E-state index contributed by atoms with van der Waals surface area (Å²) in [6.07, 6.45) is -3.55. The first-order valence-electron chi connectivity index (χ1n) is 11.0. The number of hydrazone groups is 1. The number of nitrogens with zero attached hydrogens (tertiary/aromatic N) is 2. The molecule has 9 nitrogen and oxygen atoms in total. The number of methoxy groups -OCH3 is 3. The van der Waals surface area contributed by atoms with Gasteiger partial charge in [0.15, 0.2) is 11.5 Å². The molecule has 0 bridgehead atoms. The van der Waals surface area contributed by atoms with Crippen molar-refractivity contribution in [1.82, 2.24) is 5.43 Å². The van der Waals surface area contributed by atoms with Gasteiger partial charge in [0.05, 0.1) is 43.7 Å². The predicted molar refractivity (Wildman–Crippen MR) is 139 cm³/mol. The predicted octanol–water partition coefficient (Wildman–Crippen LogP) is 4.73. The maximum Gasteiger partial charge on any atom is 0.416 e. The Hall–Kier alpha value is -3.97. The van der Waals surface area contributed by atoms with Crippen molar-refractivity contribution < 1.29 is 40.6 Å². The molecule has 0 radical (unpaired) electrons. The zero-order valence-electron chi connectivity index (χ0n) is 20.8. The van der Waals surface area contributed by atoms with Crippen molar-refractivity contribution in [3.05, 3.63) is 76.8 Å². The molecule has 0 unspecified atom stereocenters. The van der Waals surface area contributed by atoms with E-state index < -0.39 is 34.2 Å². The first kappa shape index (κ1) is 29.6. The summed E-state index contributed by atoms with van der Waals surface area (Å²) in [5, 5.41) is 3.84. The summed E-state index contributed by atoms with van der Waals surface area (Å²) in [5.41, 5.74) is 1.26. The molecular formula is C25H23ClF3N3O6S. The topological polar surface area (TPSA) is 107 Å². The second-order valence-electron chi connectivity index (χ2n) is 7.76. The molecule has 0 saturated carbocycles. The molecule has 0 spiro atoms. The summed E-state index contributed by atoms with van der Waals surface area (Å²) >= 11 is 6.12. The van der Waals surface area contributed by atoms with Crippen LogP contribution >= 0.6 is 11.6 Å². The highest BCUT2D eigenvalue weighted by molar-refractivity contribution is 7.92. The van der Waals surface area contributed by atoms with Gasteiger partial charge in [0.25, 0.3) is 15.9 Å². The number of carbonyl (C=O) groups excluding carboxylic acids is 1. The Kier molecular flexibility index (Phi) is 9.30. The Labute approximate surface area is 227 Å². The quantitative estimate of drug-likeness (QED) is 0.272. The summed E-state index contributed by atoms with van der Waals surface area (Å²) < 4.78 is 82.7. The molecule has 3 aromatic carbocycles. The van der Waals surface area contributed by atoms with Crippen LogP contribution in [-0.2, 0) is 21.0 Å². The van der Waals surface area contributed by atoms with E-state index in [1.165, 1.54) is 69.9 Å². The maximum atomic E-state index is 13.7. The molecule has 3 aromatic rings. The van der Waals surface area contributed by atoms with Crippen molar-refractivity contribution in [2.45, 2.75) is 11.1 Å². The molecule has 39 heavy (non-hydrogen) atoms. The Morgan fingerprint density at radius 2 is 1.64 bits per heavy atom. The van der Waals surface area contributed by atoms with E-state index in [0.29, 0.717) is 0 Å². The zero-order valence-corrected chi connectivity index (χ0v) is 22.4. The number of halogens is 4. The molecule has 0 atom stereocenters. The van der Waals surface area contributed by atoms with E-state index in [1.54, 1.807) is 0 Å². The van der Waals surface area contributed by atoms with Crippen molar-refractivity contribution in [2.24, 2.45) is 5.10 Å². The molecule has 208 valence electrons. The normalized spacial score (nSPS) is 11.8. The number of benzene rings is 3. The minimum atomic E-state index is -4.55. The van der Waals surface area contributed by atoms with Gasteiger partial charge in [-0.1, -0.05) is 23.7 Å². The lowest BCUT2D eigenvalue weighted by Gasteiger charge is -2.25. The number of ether oxygens (including phenoxy) is 3. The number of alkyl halides is 3. The van der Waals surface area contributed by atoms with E-state index in [0.717, 1.165) is 22.7 Å². The second kappa shape index (κ2) is 12.3. The lowest BCUT2D eigenvalue weighted by atomic mass is 10.1. The van der Waals surface area contributed by atoms with Crippen LogP contribution in [0.4, 0.5) is 18.9 Å². The van der Waals surface area contributed by atoms with Gasteiger partial charge < -0.3 is 14.2 Å². The molecule has 0 aromatic heterocycles. The van der Waals surface area contributed by atoms with Crippen LogP contribution < -0.4 is 23.9 Å². The van der Waals surface area contributed by atoms with Crippen LogP contribution in [0.3, 0.4) is 0 Å². The molecule has 0 aliphatic rings. The summed E-state index contributed by atoms with van der Waals surface area (Å²) in [4.78, 5) is 12.6. The minimum absolute atomic E-state index is 0.0446. The first-order chi connectivity index (χ1) is 18.4. The number of anilines is 1. The number of sulfonamides is 1. The zero-order chi connectivity index (χ0) is 28.8. The third kappa shape index (κ3) is 7.12. The van der Waals surface area contributed by atoms with Crippen LogP contribution in [0.2, 0.25) is 5.02 Å². The van der Waals surface area contributed by atoms with Gasteiger partial charge >= 0.3 is 6.18 Å². The van der Waals surface area contributed by atoms with Gasteiger partial charge in [0, 0.05) is 11.1 Å². The molecular weight excluding hydrogens is 563 g/mol. The van der Waals surface area contributed by atoms with Crippen molar-refractivity contribution in [3.63, 3.8) is 0 Å². The van der Waals surface area contributed by atoms with Crippen LogP contribution in [0.25, 0.3) is 0 Å². The molecule has 1 N–H and O–H groups in total. The molecule has 0 saturated heterocycles. The highest BCUT2D eigenvalue weighted by atomic mass is 35.5. The summed E-state index contributed by atoms with van der Waals surface area (Å²) in [5.74, 6) is -0.384. The number of rotatable bonds is 10. The third-order valence-corrected chi connectivity index (χ3v) is 7.25. The fraction of sp³-hybridized carbons (Fsp3) is 0.200. The number of carbonyl (C=O) groups is 1. The SMILES string of the molecule is COc1ccc(S(=O)(=O)N(CC(=O)N/N=C\c2cccc(C(F)(F)F)c2)c2cc(Cl)ccc2OC)cc1OC. The fourth-order valence-corrected chi connectivity index (χ4v) is 5.01. The van der Waals surface area contributed by atoms with E-state index in [2.05, 4.69) is 10.5 Å². The maximum absolute atomic E-state index is 13.7. The van der Waals surface area contributed by atoms with Gasteiger partial charge in [0.2, 0.25) is 0 Å². The van der Waals surface area contributed by atoms with Crippen LogP contribution in [0, 0.1) is 0 Å². The van der Waals surface area contributed by atoms with E-state index in [-0.39, 0.29) is 38.4 Å². The summed E-state index contributed by atoms with van der Waals surface area (Å²) in [6, 6.07) is 12.4. The Morgan fingerprint density at radius 1 is 0.974 bits per heavy atom. The average Bonchev–Trinajstić information content (AvgIpc) is 2.90. The van der Waals surface area contributed by atoms with Crippen molar-refractivity contribution in [1.29, 1.82) is 0 Å². The van der Waals surface area contributed by atoms with Gasteiger partial charge in [-0.2, -0.15) is 18.3 Å². The average molecular weight is 586 g/mol. The Morgan fingerprint density at radius 3 is 2.28 bits per heavy atom. The van der Waals surface area contributed by atoms with Crippen LogP contribution in [0.5, 0.6) is 17.2 Å². The van der Waals surface area contributed by atoms with E-state index in [9.17, 15) is 26.4 Å². The van der Waals surface area contributed by atoms with E-state index >= 15 is 0 Å². The third-order valence-electron chi connectivity index (χ3n) is 5.26. The first-order valence-corrected chi connectivity index (χ1v) is 12.8. The molecule has 0 heterocycles. The Bertz CT molecular complexity index is 1480. The summed E-state index contributed by atoms with van der Waals surface area (Å²) in [6.45, 7) is -0.784. The number of hydrogen-bond donors (Lipinski definition) is 1. The van der Waals surface area contributed by atoms with Gasteiger partial charge in [-0.05, 0) is 48.0 Å². The van der Waals surface area contributed by atoms with Gasteiger partial charge in [0.1, 0.15) is 12.3 Å². The largest absolute Gasteiger partial charge is 0.495 e. The van der Waals surface area contributed by atoms with Crippen LogP contribution in [0.1, 0.15) is 11.1 Å². The number of nitrogens with one attached hydrogen (secondary N) is 1. The number of hydrogen-bond acceptors (Lipinski definition) is 7. The molecule has 14 heteroatoms. The highest BCUT2D eigenvalue weighted by Crippen LogP contribution is 2.37. The molecule has 0 fully saturated rings.